The summed E-state index contributed by atoms with van der Waals surface area (Å²) < 4.78 is 0. The number of nitrogens with zero attached hydrogens (tertiary/aromatic N) is 1. The summed E-state index contributed by atoms with van der Waals surface area (Å²) in [5.41, 5.74) is 18.3. The monoisotopic (exact) mass is 558 g/mol. The highest BCUT2D eigenvalue weighted by atomic mass is 16.4. The van der Waals surface area contributed by atoms with Crippen molar-refractivity contribution in [2.75, 3.05) is 6.54 Å². The first-order chi connectivity index (χ1) is 18.8. The maximum atomic E-state index is 13.5. The Balaban J connectivity index is 2.34. The number of para-hydroxylation sites is 1. The number of amides is 3. The number of aliphatic carboxylic acids is 1. The van der Waals surface area contributed by atoms with Gasteiger partial charge in [-0.3, -0.25) is 19.4 Å². The van der Waals surface area contributed by atoms with Gasteiger partial charge in [0.05, 0.1) is 6.04 Å². The summed E-state index contributed by atoms with van der Waals surface area (Å²) in [7, 11) is 0. The number of nitrogens with two attached hydrogens (primary N) is 3. The van der Waals surface area contributed by atoms with Crippen molar-refractivity contribution in [3.63, 3.8) is 0 Å². The van der Waals surface area contributed by atoms with Gasteiger partial charge in [0.15, 0.2) is 5.96 Å². The maximum absolute atomic E-state index is 13.5. The van der Waals surface area contributed by atoms with Crippen LogP contribution >= 0.6 is 0 Å². The summed E-state index contributed by atoms with van der Waals surface area (Å²) in [6.45, 7) is 7.14. The largest absolute Gasteiger partial charge is 0.480 e. The zero-order valence-corrected chi connectivity index (χ0v) is 23.4. The van der Waals surface area contributed by atoms with Crippen molar-refractivity contribution in [1.82, 2.24) is 20.9 Å². The molecule has 0 radical (unpaired) electrons. The number of hydrogen-bond donors (Lipinski definition) is 8. The summed E-state index contributed by atoms with van der Waals surface area (Å²) in [5.74, 6) is -3.65. The van der Waals surface area contributed by atoms with Crippen LogP contribution in [0.2, 0.25) is 0 Å². The molecule has 0 aliphatic heterocycles. The molecular weight excluding hydrogens is 516 g/mol. The number of carboxylic acids is 1. The number of carbonyl (C=O) groups is 4. The number of guanidine groups is 1. The van der Waals surface area contributed by atoms with Crippen LogP contribution < -0.4 is 33.2 Å². The summed E-state index contributed by atoms with van der Waals surface area (Å²) in [6.07, 6.45) is 2.35. The van der Waals surface area contributed by atoms with Crippen molar-refractivity contribution in [2.24, 2.45) is 34.0 Å². The lowest BCUT2D eigenvalue weighted by Crippen LogP contribution is -2.58. The van der Waals surface area contributed by atoms with E-state index in [1.165, 1.54) is 0 Å². The van der Waals surface area contributed by atoms with Crippen LogP contribution in [0.15, 0.2) is 35.5 Å². The Kier molecular flexibility index (Phi) is 11.9. The number of benzene rings is 1. The number of nitrogens with one attached hydrogen (secondary N) is 4. The normalized spacial score (nSPS) is 14.3. The molecule has 0 spiro atoms. The highest BCUT2D eigenvalue weighted by Gasteiger charge is 2.32. The number of rotatable bonds is 15. The standard InChI is InChI=1S/C27H42N8O5/c1-14(2)21(28)25(38)33-19(10-7-11-31-27(29)30)23(36)34-20(24(37)35-22(15(3)4)26(39)40)12-16-13-32-18-9-6-5-8-17(16)18/h5-6,8-9,13-15,19-22,32H,7,10-12,28H2,1-4H3,(H,33,38)(H,34,36)(H,35,37)(H,39,40)(H4,29,30,31). The van der Waals surface area contributed by atoms with Crippen molar-refractivity contribution in [1.29, 1.82) is 0 Å². The Hall–Kier alpha value is -4.13. The fraction of sp³-hybridized carbons (Fsp3) is 0.519. The number of carboxylic acid groups (broad SMARTS) is 1. The molecule has 0 bridgehead atoms. The fourth-order valence-electron chi connectivity index (χ4n) is 4.11. The SMILES string of the molecule is CC(C)C(N)C(=O)NC(CCCN=C(N)N)C(=O)NC(Cc1c[nH]c2ccccc12)C(=O)NC(C(=O)O)C(C)C. The third kappa shape index (κ3) is 9.26. The Bertz CT molecular complexity index is 1200. The number of fused-ring (bicyclic) bond motifs is 1. The first-order valence-electron chi connectivity index (χ1n) is 13.3. The lowest BCUT2D eigenvalue weighted by Gasteiger charge is -2.26. The molecule has 13 nitrogen and oxygen atoms in total. The Morgan fingerprint density at radius 3 is 2.15 bits per heavy atom. The maximum Gasteiger partial charge on any atom is 0.326 e. The quantitative estimate of drug-likeness (QED) is 0.0836. The van der Waals surface area contributed by atoms with Crippen LogP contribution in [0.1, 0.15) is 46.1 Å². The predicted molar refractivity (Wildman–Crippen MR) is 153 cm³/mol. The van der Waals surface area contributed by atoms with Gasteiger partial charge < -0.3 is 43.2 Å². The molecule has 0 aliphatic carbocycles. The first-order valence-corrected chi connectivity index (χ1v) is 13.3. The number of aliphatic imine (C=N–C) groups is 1. The van der Waals surface area contributed by atoms with E-state index < -0.39 is 53.8 Å². The molecule has 0 saturated heterocycles. The summed E-state index contributed by atoms with van der Waals surface area (Å²) in [5, 5.41) is 18.4. The lowest BCUT2D eigenvalue weighted by atomic mass is 10.0. The average molecular weight is 559 g/mol. The van der Waals surface area contributed by atoms with Crippen LogP contribution in [0.3, 0.4) is 0 Å². The van der Waals surface area contributed by atoms with Crippen molar-refractivity contribution in [2.45, 2.75) is 71.1 Å². The fourth-order valence-corrected chi connectivity index (χ4v) is 4.11. The highest BCUT2D eigenvalue weighted by molar-refractivity contribution is 5.95. The molecule has 2 rings (SSSR count). The van der Waals surface area contributed by atoms with Crippen molar-refractivity contribution in [3.8, 4) is 0 Å². The third-order valence-corrected chi connectivity index (χ3v) is 6.56. The minimum absolute atomic E-state index is 0.0756. The topological polar surface area (TPSA) is 231 Å². The minimum atomic E-state index is -1.19. The van der Waals surface area contributed by atoms with Gasteiger partial charge in [-0.2, -0.15) is 0 Å². The highest BCUT2D eigenvalue weighted by Crippen LogP contribution is 2.19. The molecule has 1 heterocycles. The number of aromatic amines is 1. The first kappa shape index (κ1) is 32.1. The van der Waals surface area contributed by atoms with Crippen LogP contribution in [0, 0.1) is 11.8 Å². The van der Waals surface area contributed by atoms with Gasteiger partial charge in [0.2, 0.25) is 17.7 Å². The number of carbonyl (C=O) groups excluding carboxylic acids is 3. The Labute approximate surface area is 233 Å². The average Bonchev–Trinajstić information content (AvgIpc) is 3.29. The molecule has 40 heavy (non-hydrogen) atoms. The van der Waals surface area contributed by atoms with Crippen LogP contribution in [0.4, 0.5) is 0 Å². The van der Waals surface area contributed by atoms with Crippen LogP contribution in [-0.4, -0.2) is 70.5 Å². The molecule has 0 saturated carbocycles. The van der Waals surface area contributed by atoms with Gasteiger partial charge in [0.25, 0.3) is 0 Å². The van der Waals surface area contributed by atoms with Crippen LogP contribution in [0.25, 0.3) is 10.9 Å². The zero-order chi connectivity index (χ0) is 30.0. The van der Waals surface area contributed by atoms with Crippen molar-refractivity contribution < 1.29 is 24.3 Å². The predicted octanol–water partition coefficient (Wildman–Crippen LogP) is -0.0577. The molecule has 3 amide bonds. The van der Waals surface area contributed by atoms with E-state index in [0.717, 1.165) is 16.5 Å². The van der Waals surface area contributed by atoms with Crippen molar-refractivity contribution >= 4 is 40.6 Å². The third-order valence-electron chi connectivity index (χ3n) is 6.56. The molecule has 0 fully saturated rings. The molecule has 11 N–H and O–H groups in total. The van der Waals surface area contributed by atoms with E-state index in [-0.39, 0.29) is 31.3 Å². The second-order valence-electron chi connectivity index (χ2n) is 10.5. The second-order valence-corrected chi connectivity index (χ2v) is 10.5. The zero-order valence-electron chi connectivity index (χ0n) is 23.4. The van der Waals surface area contributed by atoms with E-state index >= 15 is 0 Å². The second kappa shape index (κ2) is 14.9. The Morgan fingerprint density at radius 2 is 1.55 bits per heavy atom. The summed E-state index contributed by atoms with van der Waals surface area (Å²) >= 11 is 0. The van der Waals surface area contributed by atoms with E-state index in [0.29, 0.717) is 6.42 Å². The van der Waals surface area contributed by atoms with Crippen LogP contribution in [-0.2, 0) is 25.6 Å². The Morgan fingerprint density at radius 1 is 0.925 bits per heavy atom. The van der Waals surface area contributed by atoms with Crippen LogP contribution in [0.5, 0.6) is 0 Å². The van der Waals surface area contributed by atoms with E-state index in [2.05, 4.69) is 25.9 Å². The molecule has 4 unspecified atom stereocenters. The van der Waals surface area contributed by atoms with Gasteiger partial charge >= 0.3 is 5.97 Å². The number of hydrogen-bond acceptors (Lipinski definition) is 6. The van der Waals surface area contributed by atoms with Gasteiger partial charge in [0, 0.05) is 30.1 Å². The molecule has 220 valence electrons. The van der Waals surface area contributed by atoms with Gasteiger partial charge in [-0.15, -0.1) is 0 Å². The smallest absolute Gasteiger partial charge is 0.326 e. The van der Waals surface area contributed by atoms with E-state index in [4.69, 9.17) is 17.2 Å². The van der Waals surface area contributed by atoms with Crippen molar-refractivity contribution in [3.05, 3.63) is 36.0 Å². The molecule has 4 atom stereocenters. The molecule has 1 aromatic heterocycles. The molecular formula is C27H42N8O5. The molecule has 0 aliphatic rings. The van der Waals surface area contributed by atoms with E-state index in [9.17, 15) is 24.3 Å². The summed E-state index contributed by atoms with van der Waals surface area (Å²) in [6, 6.07) is 3.31. The summed E-state index contributed by atoms with van der Waals surface area (Å²) in [4.78, 5) is 58.4. The molecule has 13 heteroatoms. The lowest BCUT2D eigenvalue weighted by molar-refractivity contribution is -0.143. The molecule has 1 aromatic carbocycles. The van der Waals surface area contributed by atoms with E-state index in [1.807, 2.05) is 24.3 Å². The molecule has 2 aromatic rings. The van der Waals surface area contributed by atoms with E-state index in [1.54, 1.807) is 33.9 Å². The van der Waals surface area contributed by atoms with Gasteiger partial charge in [-0.1, -0.05) is 45.9 Å². The van der Waals surface area contributed by atoms with Gasteiger partial charge in [0.1, 0.15) is 18.1 Å². The number of aromatic nitrogens is 1. The van der Waals surface area contributed by atoms with Gasteiger partial charge in [-0.25, -0.2) is 4.79 Å². The minimum Gasteiger partial charge on any atom is -0.480 e. The van der Waals surface area contributed by atoms with Gasteiger partial charge in [-0.05, 0) is 36.3 Å². The number of H-pyrrole nitrogens is 1.